The zero-order valence-electron chi connectivity index (χ0n) is 13.2. The number of aliphatic carboxylic acids is 1. The van der Waals surface area contributed by atoms with Crippen LogP contribution in [-0.2, 0) is 4.79 Å². The average molecular weight is 316 g/mol. The van der Waals surface area contributed by atoms with Gasteiger partial charge >= 0.3 is 5.97 Å². The standard InChI is InChI=1S/C16H20N4O3/c1-12(2)9-19(7-6-15(21)22)16(23)13-4-3-5-14(8-13)20-11-17-10-18-20/h3-5,8,10-12H,6-7,9H2,1-2H3,(H,21,22). The Morgan fingerprint density at radius 1 is 1.35 bits per heavy atom. The zero-order valence-corrected chi connectivity index (χ0v) is 13.2. The first-order valence-electron chi connectivity index (χ1n) is 7.43. The van der Waals surface area contributed by atoms with Crippen molar-refractivity contribution in [1.29, 1.82) is 0 Å². The van der Waals surface area contributed by atoms with Crippen molar-refractivity contribution in [2.24, 2.45) is 5.92 Å². The van der Waals surface area contributed by atoms with Gasteiger partial charge in [-0.3, -0.25) is 9.59 Å². The van der Waals surface area contributed by atoms with E-state index in [-0.39, 0.29) is 24.8 Å². The monoisotopic (exact) mass is 316 g/mol. The molecule has 0 atom stereocenters. The van der Waals surface area contributed by atoms with E-state index in [1.807, 2.05) is 19.9 Å². The second kappa shape index (κ2) is 7.53. The molecule has 1 aromatic carbocycles. The Hall–Kier alpha value is -2.70. The highest BCUT2D eigenvalue weighted by atomic mass is 16.4. The number of aromatic nitrogens is 3. The maximum absolute atomic E-state index is 12.7. The lowest BCUT2D eigenvalue weighted by Crippen LogP contribution is -2.36. The summed E-state index contributed by atoms with van der Waals surface area (Å²) >= 11 is 0. The number of hydrogen-bond acceptors (Lipinski definition) is 4. The SMILES string of the molecule is CC(C)CN(CCC(=O)O)C(=O)c1cccc(-n2cncn2)c1. The fraction of sp³-hybridized carbons (Fsp3) is 0.375. The largest absolute Gasteiger partial charge is 0.481 e. The predicted octanol–water partition coefficient (Wildman–Crippen LogP) is 1.84. The summed E-state index contributed by atoms with van der Waals surface area (Å²) in [6, 6.07) is 7.05. The van der Waals surface area contributed by atoms with Gasteiger partial charge in [-0.2, -0.15) is 5.10 Å². The van der Waals surface area contributed by atoms with Crippen LogP contribution in [0.2, 0.25) is 0 Å². The predicted molar refractivity (Wildman–Crippen MR) is 84.4 cm³/mol. The Morgan fingerprint density at radius 3 is 2.74 bits per heavy atom. The average Bonchev–Trinajstić information content (AvgIpc) is 3.05. The van der Waals surface area contributed by atoms with Gasteiger partial charge < -0.3 is 10.0 Å². The molecular weight excluding hydrogens is 296 g/mol. The summed E-state index contributed by atoms with van der Waals surface area (Å²) in [6.45, 7) is 4.69. The molecule has 0 saturated heterocycles. The van der Waals surface area contributed by atoms with Gasteiger partial charge in [-0.15, -0.1) is 0 Å². The number of hydrogen-bond donors (Lipinski definition) is 1. The summed E-state index contributed by atoms with van der Waals surface area (Å²) < 4.78 is 1.57. The lowest BCUT2D eigenvalue weighted by Gasteiger charge is -2.24. The summed E-state index contributed by atoms with van der Waals surface area (Å²) in [5.41, 5.74) is 1.24. The van der Waals surface area contributed by atoms with Crippen molar-refractivity contribution in [3.05, 3.63) is 42.5 Å². The normalized spacial score (nSPS) is 10.7. The highest BCUT2D eigenvalue weighted by Crippen LogP contribution is 2.13. The van der Waals surface area contributed by atoms with Crippen molar-refractivity contribution >= 4 is 11.9 Å². The van der Waals surface area contributed by atoms with E-state index < -0.39 is 5.97 Å². The Kier molecular flexibility index (Phi) is 5.46. The maximum Gasteiger partial charge on any atom is 0.305 e. The third kappa shape index (κ3) is 4.64. The molecule has 2 aromatic rings. The molecule has 1 N–H and O–H groups in total. The zero-order chi connectivity index (χ0) is 16.8. The minimum Gasteiger partial charge on any atom is -0.481 e. The van der Waals surface area contributed by atoms with E-state index in [1.54, 1.807) is 34.1 Å². The number of carbonyl (C=O) groups is 2. The van der Waals surface area contributed by atoms with E-state index in [2.05, 4.69) is 10.1 Å². The Labute approximate surface area is 134 Å². The lowest BCUT2D eigenvalue weighted by molar-refractivity contribution is -0.137. The van der Waals surface area contributed by atoms with Gasteiger partial charge in [-0.05, 0) is 24.1 Å². The number of rotatable bonds is 7. The van der Waals surface area contributed by atoms with Crippen molar-refractivity contribution in [2.45, 2.75) is 20.3 Å². The fourth-order valence-electron chi connectivity index (χ4n) is 2.25. The van der Waals surface area contributed by atoms with Gasteiger partial charge in [0.25, 0.3) is 5.91 Å². The van der Waals surface area contributed by atoms with Gasteiger partial charge in [0.05, 0.1) is 12.1 Å². The molecule has 0 fully saturated rings. The maximum atomic E-state index is 12.7. The summed E-state index contributed by atoms with van der Waals surface area (Å²) in [4.78, 5) is 29.0. The van der Waals surface area contributed by atoms with Crippen LogP contribution in [0.1, 0.15) is 30.6 Å². The molecule has 0 aliphatic heterocycles. The first-order valence-corrected chi connectivity index (χ1v) is 7.43. The molecule has 7 heteroatoms. The number of carbonyl (C=O) groups excluding carboxylic acids is 1. The van der Waals surface area contributed by atoms with Gasteiger partial charge in [0.15, 0.2) is 0 Å². The number of carboxylic acid groups (broad SMARTS) is 1. The van der Waals surface area contributed by atoms with Crippen LogP contribution in [0.25, 0.3) is 5.69 Å². The van der Waals surface area contributed by atoms with Crippen LogP contribution in [-0.4, -0.2) is 49.7 Å². The van der Waals surface area contributed by atoms with Gasteiger partial charge in [0.1, 0.15) is 12.7 Å². The molecule has 0 spiro atoms. The first-order chi connectivity index (χ1) is 11.0. The van der Waals surface area contributed by atoms with Gasteiger partial charge in [0.2, 0.25) is 0 Å². The lowest BCUT2D eigenvalue weighted by atomic mass is 10.1. The van der Waals surface area contributed by atoms with Gasteiger partial charge in [-0.25, -0.2) is 9.67 Å². The van der Waals surface area contributed by atoms with Gasteiger partial charge in [0, 0.05) is 18.7 Å². The highest BCUT2D eigenvalue weighted by Gasteiger charge is 2.18. The number of nitrogens with zero attached hydrogens (tertiary/aromatic N) is 4. The summed E-state index contributed by atoms with van der Waals surface area (Å²) in [7, 11) is 0. The molecular formula is C16H20N4O3. The minimum absolute atomic E-state index is 0.0682. The van der Waals surface area contributed by atoms with Gasteiger partial charge in [-0.1, -0.05) is 19.9 Å². The molecule has 1 heterocycles. The number of amides is 1. The van der Waals surface area contributed by atoms with Crippen LogP contribution in [0.5, 0.6) is 0 Å². The Bertz CT molecular complexity index is 668. The number of carboxylic acids is 1. The van der Waals surface area contributed by atoms with Crippen LogP contribution in [0, 0.1) is 5.92 Å². The molecule has 2 rings (SSSR count). The summed E-state index contributed by atoms with van der Waals surface area (Å²) in [5.74, 6) is -0.837. The quantitative estimate of drug-likeness (QED) is 0.842. The van der Waals surface area contributed by atoms with E-state index in [0.717, 1.165) is 5.69 Å². The van der Waals surface area contributed by atoms with Crippen molar-refractivity contribution < 1.29 is 14.7 Å². The Morgan fingerprint density at radius 2 is 2.13 bits per heavy atom. The van der Waals surface area contributed by atoms with Crippen molar-refractivity contribution in [1.82, 2.24) is 19.7 Å². The molecule has 0 bridgehead atoms. The van der Waals surface area contributed by atoms with E-state index in [9.17, 15) is 9.59 Å². The first kappa shape index (κ1) is 16.7. The molecule has 0 radical (unpaired) electrons. The smallest absolute Gasteiger partial charge is 0.305 e. The molecule has 1 aromatic heterocycles. The molecule has 0 saturated carbocycles. The van der Waals surface area contributed by atoms with E-state index in [0.29, 0.717) is 12.1 Å². The fourth-order valence-corrected chi connectivity index (χ4v) is 2.25. The van der Waals surface area contributed by atoms with Crippen molar-refractivity contribution in [2.75, 3.05) is 13.1 Å². The van der Waals surface area contributed by atoms with Crippen molar-refractivity contribution in [3.63, 3.8) is 0 Å². The minimum atomic E-state index is -0.914. The second-order valence-electron chi connectivity index (χ2n) is 5.68. The van der Waals surface area contributed by atoms with Crippen LogP contribution in [0.4, 0.5) is 0 Å². The van der Waals surface area contributed by atoms with Crippen LogP contribution >= 0.6 is 0 Å². The van der Waals surface area contributed by atoms with Crippen LogP contribution in [0.3, 0.4) is 0 Å². The van der Waals surface area contributed by atoms with E-state index >= 15 is 0 Å². The Balaban J connectivity index is 2.21. The van der Waals surface area contributed by atoms with Crippen LogP contribution < -0.4 is 0 Å². The molecule has 0 aliphatic carbocycles. The molecule has 0 unspecified atom stereocenters. The van der Waals surface area contributed by atoms with Crippen LogP contribution in [0.15, 0.2) is 36.9 Å². The van der Waals surface area contributed by atoms with Crippen molar-refractivity contribution in [3.8, 4) is 5.69 Å². The molecule has 0 aliphatic rings. The topological polar surface area (TPSA) is 88.3 Å². The third-order valence-electron chi connectivity index (χ3n) is 3.24. The molecule has 7 nitrogen and oxygen atoms in total. The summed E-state index contributed by atoms with van der Waals surface area (Å²) in [5, 5.41) is 12.9. The molecule has 1 amide bonds. The second-order valence-corrected chi connectivity index (χ2v) is 5.68. The van der Waals surface area contributed by atoms with E-state index in [1.165, 1.54) is 6.33 Å². The molecule has 122 valence electrons. The van der Waals surface area contributed by atoms with E-state index in [4.69, 9.17) is 5.11 Å². The third-order valence-corrected chi connectivity index (χ3v) is 3.24. The number of benzene rings is 1. The molecule has 23 heavy (non-hydrogen) atoms. The summed E-state index contributed by atoms with van der Waals surface area (Å²) in [6.07, 6.45) is 2.91. The highest BCUT2D eigenvalue weighted by molar-refractivity contribution is 5.95.